The van der Waals surface area contributed by atoms with Crippen LogP contribution >= 0.6 is 11.6 Å². The van der Waals surface area contributed by atoms with Gasteiger partial charge in [-0.05, 0) is 67.8 Å². The van der Waals surface area contributed by atoms with E-state index in [1.807, 2.05) is 39.0 Å². The van der Waals surface area contributed by atoms with Gasteiger partial charge < -0.3 is 15.8 Å². The number of hydrogen-bond acceptors (Lipinski definition) is 3. The van der Waals surface area contributed by atoms with Crippen molar-refractivity contribution in [1.82, 2.24) is 0 Å². The maximum absolute atomic E-state index is 12.0. The number of ether oxygens (including phenoxy) is 1. The summed E-state index contributed by atoms with van der Waals surface area (Å²) in [6.07, 6.45) is 0. The lowest BCUT2D eigenvalue weighted by Gasteiger charge is -2.11. The molecule has 0 aliphatic carbocycles. The average molecular weight is 319 g/mol. The van der Waals surface area contributed by atoms with E-state index in [0.717, 1.165) is 22.4 Å². The minimum Gasteiger partial charge on any atom is -0.484 e. The summed E-state index contributed by atoms with van der Waals surface area (Å²) in [6.45, 7) is 5.63. The summed E-state index contributed by atoms with van der Waals surface area (Å²) in [5.74, 6) is 0.404. The molecule has 0 fully saturated rings. The molecule has 22 heavy (non-hydrogen) atoms. The Labute approximate surface area is 135 Å². The number of halogens is 1. The van der Waals surface area contributed by atoms with Gasteiger partial charge in [-0.2, -0.15) is 0 Å². The molecule has 5 heteroatoms. The first-order valence-corrected chi connectivity index (χ1v) is 7.30. The smallest absolute Gasteiger partial charge is 0.262 e. The van der Waals surface area contributed by atoms with Crippen molar-refractivity contribution in [3.8, 4) is 5.75 Å². The number of nitrogens with one attached hydrogen (secondary N) is 1. The first-order valence-electron chi connectivity index (χ1n) is 6.92. The predicted octanol–water partition coefficient (Wildman–Crippen LogP) is 3.86. The van der Waals surface area contributed by atoms with Crippen molar-refractivity contribution in [2.24, 2.45) is 0 Å². The van der Waals surface area contributed by atoms with Crippen molar-refractivity contribution >= 4 is 28.9 Å². The number of carbonyl (C=O) groups is 1. The van der Waals surface area contributed by atoms with E-state index in [1.165, 1.54) is 0 Å². The number of aryl methyl sites for hydroxylation is 3. The first-order chi connectivity index (χ1) is 10.4. The molecule has 2 rings (SSSR count). The molecule has 0 spiro atoms. The predicted molar refractivity (Wildman–Crippen MR) is 90.6 cm³/mol. The van der Waals surface area contributed by atoms with Gasteiger partial charge in [0.15, 0.2) is 6.61 Å². The fraction of sp³-hybridized carbons (Fsp3) is 0.235. The fourth-order valence-electron chi connectivity index (χ4n) is 2.15. The third-order valence-corrected chi connectivity index (χ3v) is 3.90. The molecule has 1 amide bonds. The summed E-state index contributed by atoms with van der Waals surface area (Å²) in [4.78, 5) is 12.0. The molecule has 0 unspecified atom stereocenters. The van der Waals surface area contributed by atoms with Crippen molar-refractivity contribution in [2.45, 2.75) is 20.8 Å². The van der Waals surface area contributed by atoms with Crippen LogP contribution < -0.4 is 15.8 Å². The van der Waals surface area contributed by atoms with Gasteiger partial charge >= 0.3 is 0 Å². The maximum atomic E-state index is 12.0. The minimum absolute atomic E-state index is 0.0651. The van der Waals surface area contributed by atoms with Gasteiger partial charge in [0.05, 0.1) is 0 Å². The van der Waals surface area contributed by atoms with E-state index in [9.17, 15) is 4.79 Å². The zero-order valence-corrected chi connectivity index (χ0v) is 13.6. The van der Waals surface area contributed by atoms with Gasteiger partial charge in [0.25, 0.3) is 5.91 Å². The van der Waals surface area contributed by atoms with Gasteiger partial charge in [0.2, 0.25) is 0 Å². The summed E-state index contributed by atoms with van der Waals surface area (Å²) in [5.41, 5.74) is 9.83. The normalized spacial score (nSPS) is 10.4. The average Bonchev–Trinajstić information content (AvgIpc) is 2.45. The lowest BCUT2D eigenvalue weighted by Crippen LogP contribution is -2.20. The van der Waals surface area contributed by atoms with E-state index in [0.29, 0.717) is 16.5 Å². The zero-order valence-electron chi connectivity index (χ0n) is 12.9. The molecule has 116 valence electrons. The number of benzene rings is 2. The summed E-state index contributed by atoms with van der Waals surface area (Å²) in [6, 6.07) is 8.96. The van der Waals surface area contributed by atoms with Crippen LogP contribution in [0.4, 0.5) is 11.4 Å². The van der Waals surface area contributed by atoms with Crippen molar-refractivity contribution in [3.63, 3.8) is 0 Å². The summed E-state index contributed by atoms with van der Waals surface area (Å²) in [5, 5.41) is 3.52. The zero-order chi connectivity index (χ0) is 16.3. The minimum atomic E-state index is -0.224. The largest absolute Gasteiger partial charge is 0.484 e. The van der Waals surface area contributed by atoms with E-state index in [4.69, 9.17) is 22.1 Å². The number of hydrogen-bond donors (Lipinski definition) is 2. The van der Waals surface area contributed by atoms with Crippen LogP contribution in [0.25, 0.3) is 0 Å². The molecule has 0 saturated carbocycles. The molecule has 0 aliphatic heterocycles. The third-order valence-electron chi connectivity index (χ3n) is 3.30. The Morgan fingerprint density at radius 3 is 2.36 bits per heavy atom. The van der Waals surface area contributed by atoms with Crippen molar-refractivity contribution in [2.75, 3.05) is 17.7 Å². The Morgan fingerprint density at radius 2 is 1.77 bits per heavy atom. The summed E-state index contributed by atoms with van der Waals surface area (Å²) in [7, 11) is 0. The van der Waals surface area contributed by atoms with Gasteiger partial charge in [0, 0.05) is 16.4 Å². The highest BCUT2D eigenvalue weighted by molar-refractivity contribution is 6.32. The lowest BCUT2D eigenvalue weighted by molar-refractivity contribution is -0.118. The van der Waals surface area contributed by atoms with Gasteiger partial charge in [-0.15, -0.1) is 0 Å². The van der Waals surface area contributed by atoms with E-state index >= 15 is 0 Å². The molecule has 2 aromatic rings. The Bertz CT molecular complexity index is 691. The molecular weight excluding hydrogens is 300 g/mol. The Kier molecular flexibility index (Phi) is 4.93. The van der Waals surface area contributed by atoms with Gasteiger partial charge in [-0.1, -0.05) is 11.6 Å². The highest BCUT2D eigenvalue weighted by atomic mass is 35.5. The molecule has 3 N–H and O–H groups in total. The fourth-order valence-corrected chi connectivity index (χ4v) is 2.26. The second kappa shape index (κ2) is 6.71. The van der Waals surface area contributed by atoms with Crippen LogP contribution in [0.5, 0.6) is 5.75 Å². The number of nitrogen functional groups attached to an aromatic ring is 1. The number of anilines is 2. The molecule has 0 radical (unpaired) electrons. The SMILES string of the molecule is Cc1cc(N)ccc1NC(=O)COc1cc(C)c(Cl)c(C)c1. The number of carbonyl (C=O) groups excluding carboxylic acids is 1. The Hall–Kier alpha value is -2.20. The van der Waals surface area contributed by atoms with Crippen LogP contribution in [0.2, 0.25) is 5.02 Å². The number of amides is 1. The molecule has 0 heterocycles. The number of rotatable bonds is 4. The highest BCUT2D eigenvalue weighted by Gasteiger charge is 2.08. The second-order valence-electron chi connectivity index (χ2n) is 5.28. The highest BCUT2D eigenvalue weighted by Crippen LogP contribution is 2.26. The topological polar surface area (TPSA) is 64.3 Å². The van der Waals surface area contributed by atoms with E-state index < -0.39 is 0 Å². The van der Waals surface area contributed by atoms with Gasteiger partial charge in [0.1, 0.15) is 5.75 Å². The lowest BCUT2D eigenvalue weighted by atomic mass is 10.1. The molecule has 0 bridgehead atoms. The van der Waals surface area contributed by atoms with Crippen LogP contribution in [0.15, 0.2) is 30.3 Å². The van der Waals surface area contributed by atoms with Crippen molar-refractivity contribution in [3.05, 3.63) is 52.0 Å². The van der Waals surface area contributed by atoms with Crippen LogP contribution in [-0.4, -0.2) is 12.5 Å². The third kappa shape index (κ3) is 3.92. The van der Waals surface area contributed by atoms with E-state index in [-0.39, 0.29) is 12.5 Å². The van der Waals surface area contributed by atoms with Crippen molar-refractivity contribution in [1.29, 1.82) is 0 Å². The molecule has 0 aliphatic rings. The maximum Gasteiger partial charge on any atom is 0.262 e. The summed E-state index contributed by atoms with van der Waals surface area (Å²) >= 11 is 6.10. The molecule has 0 atom stereocenters. The second-order valence-corrected chi connectivity index (χ2v) is 5.66. The molecular formula is C17H19ClN2O2. The van der Waals surface area contributed by atoms with Crippen LogP contribution in [0, 0.1) is 20.8 Å². The van der Waals surface area contributed by atoms with E-state index in [1.54, 1.807) is 12.1 Å². The van der Waals surface area contributed by atoms with E-state index in [2.05, 4.69) is 5.32 Å². The van der Waals surface area contributed by atoms with Crippen LogP contribution in [0.1, 0.15) is 16.7 Å². The van der Waals surface area contributed by atoms with Crippen molar-refractivity contribution < 1.29 is 9.53 Å². The number of nitrogens with two attached hydrogens (primary N) is 1. The molecule has 0 saturated heterocycles. The standard InChI is InChI=1S/C17H19ClN2O2/c1-10-6-13(19)4-5-15(10)20-16(21)9-22-14-7-11(2)17(18)12(3)8-14/h4-8H,9,19H2,1-3H3,(H,20,21). The monoisotopic (exact) mass is 318 g/mol. The van der Waals surface area contributed by atoms with Crippen LogP contribution in [-0.2, 0) is 4.79 Å². The Morgan fingerprint density at radius 1 is 1.14 bits per heavy atom. The Balaban J connectivity index is 1.98. The van der Waals surface area contributed by atoms with Gasteiger partial charge in [-0.25, -0.2) is 0 Å². The van der Waals surface area contributed by atoms with Gasteiger partial charge in [-0.3, -0.25) is 4.79 Å². The molecule has 0 aromatic heterocycles. The molecule has 2 aromatic carbocycles. The summed E-state index contributed by atoms with van der Waals surface area (Å²) < 4.78 is 5.52. The molecule has 4 nitrogen and oxygen atoms in total. The van der Waals surface area contributed by atoms with Crippen LogP contribution in [0.3, 0.4) is 0 Å². The quantitative estimate of drug-likeness (QED) is 0.841. The first kappa shape index (κ1) is 16.2.